The van der Waals surface area contributed by atoms with E-state index in [0.717, 1.165) is 6.42 Å². The van der Waals surface area contributed by atoms with Crippen LogP contribution in [0.1, 0.15) is 41.0 Å². The molecule has 2 N–H and O–H groups in total. The lowest BCUT2D eigenvalue weighted by Crippen LogP contribution is -2.49. The maximum atomic E-state index is 11.9. The first kappa shape index (κ1) is 16.2. The highest BCUT2D eigenvalue weighted by atomic mass is 16.2. The fourth-order valence-corrected chi connectivity index (χ4v) is 2.44. The van der Waals surface area contributed by atoms with Crippen molar-refractivity contribution in [1.82, 2.24) is 5.32 Å². The number of carbonyl (C=O) groups excluding carboxylic acids is 2. The molecule has 4 heteroatoms. The molecule has 2 amide bonds. The largest absolute Gasteiger partial charge is 0.343 e. The fraction of sp³-hybridized carbons (Fsp3) is 0.500. The third-order valence-corrected chi connectivity index (χ3v) is 2.66. The Balaban J connectivity index is 2.60. The molecule has 0 aromatic heterocycles. The van der Waals surface area contributed by atoms with Gasteiger partial charge in [-0.15, -0.1) is 0 Å². The second-order valence-corrected chi connectivity index (χ2v) is 6.90. The monoisotopic (exact) mass is 276 g/mol. The van der Waals surface area contributed by atoms with Crippen molar-refractivity contribution in [3.05, 3.63) is 30.3 Å². The van der Waals surface area contributed by atoms with Crippen LogP contribution in [0.15, 0.2) is 30.3 Å². The third-order valence-electron chi connectivity index (χ3n) is 2.66. The normalized spacial score (nSPS) is 11.8. The van der Waals surface area contributed by atoms with Crippen LogP contribution in [-0.4, -0.2) is 17.4 Å². The highest BCUT2D eigenvalue weighted by Gasteiger charge is 2.29. The molecule has 0 saturated carbocycles. The van der Waals surface area contributed by atoms with Crippen LogP contribution in [0.2, 0.25) is 0 Å². The first-order valence-corrected chi connectivity index (χ1v) is 6.78. The minimum Gasteiger partial charge on any atom is -0.343 e. The fourth-order valence-electron chi connectivity index (χ4n) is 2.44. The molecule has 0 spiro atoms. The maximum Gasteiger partial charge on any atom is 0.313 e. The lowest BCUT2D eigenvalue weighted by Gasteiger charge is -2.33. The number of anilines is 1. The predicted molar refractivity (Wildman–Crippen MR) is 81.4 cm³/mol. The van der Waals surface area contributed by atoms with E-state index >= 15 is 0 Å². The Morgan fingerprint density at radius 1 is 0.950 bits per heavy atom. The Morgan fingerprint density at radius 2 is 1.50 bits per heavy atom. The van der Waals surface area contributed by atoms with Gasteiger partial charge in [-0.2, -0.15) is 0 Å². The molecule has 1 rings (SSSR count). The van der Waals surface area contributed by atoms with Crippen molar-refractivity contribution in [2.75, 3.05) is 5.32 Å². The van der Waals surface area contributed by atoms with E-state index in [0.29, 0.717) is 5.69 Å². The number of rotatable bonds is 3. The van der Waals surface area contributed by atoms with Crippen LogP contribution < -0.4 is 10.6 Å². The number of para-hydroxylation sites is 1. The van der Waals surface area contributed by atoms with Crippen LogP contribution in [0.25, 0.3) is 0 Å². The summed E-state index contributed by atoms with van der Waals surface area (Å²) >= 11 is 0. The van der Waals surface area contributed by atoms with Gasteiger partial charge in [0.05, 0.1) is 0 Å². The van der Waals surface area contributed by atoms with Crippen molar-refractivity contribution in [2.24, 2.45) is 5.41 Å². The molecule has 20 heavy (non-hydrogen) atoms. The van der Waals surface area contributed by atoms with Crippen LogP contribution in [0, 0.1) is 5.41 Å². The first-order chi connectivity index (χ1) is 9.09. The third kappa shape index (κ3) is 5.87. The summed E-state index contributed by atoms with van der Waals surface area (Å²) in [6.07, 6.45) is 0.782. The Bertz CT molecular complexity index is 473. The number of hydrogen-bond donors (Lipinski definition) is 2. The molecular formula is C16H24N2O2. The van der Waals surface area contributed by atoms with E-state index in [4.69, 9.17) is 0 Å². The van der Waals surface area contributed by atoms with Crippen molar-refractivity contribution in [2.45, 2.75) is 46.6 Å². The summed E-state index contributed by atoms with van der Waals surface area (Å²) in [5.41, 5.74) is 0.261. The van der Waals surface area contributed by atoms with Gasteiger partial charge in [-0.1, -0.05) is 39.0 Å². The molecular weight excluding hydrogens is 252 g/mol. The van der Waals surface area contributed by atoms with E-state index in [-0.39, 0.29) is 5.41 Å². The average Bonchev–Trinajstić information content (AvgIpc) is 2.26. The van der Waals surface area contributed by atoms with Gasteiger partial charge in [-0.05, 0) is 37.8 Å². The zero-order valence-electron chi connectivity index (χ0n) is 12.9. The average molecular weight is 276 g/mol. The number of benzene rings is 1. The topological polar surface area (TPSA) is 58.2 Å². The SMILES string of the molecule is CC(C)(C)CC(C)(C)NC(=O)C(=O)Nc1ccccc1. The van der Waals surface area contributed by atoms with E-state index in [2.05, 4.69) is 31.4 Å². The predicted octanol–water partition coefficient (Wildman–Crippen LogP) is 2.96. The molecule has 110 valence electrons. The van der Waals surface area contributed by atoms with Gasteiger partial charge in [0.1, 0.15) is 0 Å². The molecule has 0 fully saturated rings. The van der Waals surface area contributed by atoms with Gasteiger partial charge in [0, 0.05) is 11.2 Å². The summed E-state index contributed by atoms with van der Waals surface area (Å²) < 4.78 is 0. The minimum atomic E-state index is -0.641. The minimum absolute atomic E-state index is 0.0761. The van der Waals surface area contributed by atoms with Gasteiger partial charge in [-0.25, -0.2) is 0 Å². The lowest BCUT2D eigenvalue weighted by molar-refractivity contribution is -0.137. The van der Waals surface area contributed by atoms with Crippen molar-refractivity contribution in [1.29, 1.82) is 0 Å². The van der Waals surface area contributed by atoms with Crippen molar-refractivity contribution in [3.8, 4) is 0 Å². The van der Waals surface area contributed by atoms with Gasteiger partial charge in [0.25, 0.3) is 0 Å². The lowest BCUT2D eigenvalue weighted by atomic mass is 9.82. The second-order valence-electron chi connectivity index (χ2n) is 6.90. The zero-order chi connectivity index (χ0) is 15.4. The molecule has 0 bridgehead atoms. The first-order valence-electron chi connectivity index (χ1n) is 6.78. The molecule has 4 nitrogen and oxygen atoms in total. The Morgan fingerprint density at radius 3 is 2.00 bits per heavy atom. The van der Waals surface area contributed by atoms with Gasteiger partial charge in [0.15, 0.2) is 0 Å². The number of carbonyl (C=O) groups is 2. The number of amides is 2. The molecule has 0 aliphatic heterocycles. The second kappa shape index (κ2) is 6.07. The van der Waals surface area contributed by atoms with Crippen molar-refractivity contribution in [3.63, 3.8) is 0 Å². The molecule has 1 aromatic rings. The smallest absolute Gasteiger partial charge is 0.313 e. The molecule has 0 radical (unpaired) electrons. The van der Waals surface area contributed by atoms with Gasteiger partial charge < -0.3 is 10.6 Å². The van der Waals surface area contributed by atoms with Crippen molar-refractivity contribution < 1.29 is 9.59 Å². The van der Waals surface area contributed by atoms with Crippen LogP contribution in [0.3, 0.4) is 0 Å². The quantitative estimate of drug-likeness (QED) is 0.834. The summed E-state index contributed by atoms with van der Waals surface area (Å²) in [5, 5.41) is 5.36. The van der Waals surface area contributed by atoms with Gasteiger partial charge in [0.2, 0.25) is 0 Å². The van der Waals surface area contributed by atoms with E-state index in [9.17, 15) is 9.59 Å². The van der Waals surface area contributed by atoms with Gasteiger partial charge in [-0.3, -0.25) is 9.59 Å². The molecule has 0 unspecified atom stereocenters. The summed E-state index contributed by atoms with van der Waals surface area (Å²) in [6.45, 7) is 10.2. The highest BCUT2D eigenvalue weighted by Crippen LogP contribution is 2.26. The maximum absolute atomic E-state index is 11.9. The summed E-state index contributed by atoms with van der Waals surface area (Å²) in [5.74, 6) is -1.25. The van der Waals surface area contributed by atoms with Crippen LogP contribution in [0.5, 0.6) is 0 Å². The number of nitrogens with one attached hydrogen (secondary N) is 2. The summed E-state index contributed by atoms with van der Waals surface area (Å²) in [7, 11) is 0. The standard InChI is InChI=1S/C16H24N2O2/c1-15(2,3)11-16(4,5)18-14(20)13(19)17-12-9-7-6-8-10-12/h6-10H,11H2,1-5H3,(H,17,19)(H,18,20). The summed E-state index contributed by atoms with van der Waals surface area (Å²) in [4.78, 5) is 23.8. The molecule has 0 saturated heterocycles. The van der Waals surface area contributed by atoms with E-state index in [1.54, 1.807) is 24.3 Å². The van der Waals surface area contributed by atoms with Crippen molar-refractivity contribution >= 4 is 17.5 Å². The highest BCUT2D eigenvalue weighted by molar-refractivity contribution is 6.39. The Labute approximate surface area is 121 Å². The zero-order valence-corrected chi connectivity index (χ0v) is 12.9. The van der Waals surface area contributed by atoms with E-state index in [1.165, 1.54) is 0 Å². The van der Waals surface area contributed by atoms with Crippen LogP contribution in [0.4, 0.5) is 5.69 Å². The number of hydrogen-bond acceptors (Lipinski definition) is 2. The van der Waals surface area contributed by atoms with E-state index in [1.807, 2.05) is 19.9 Å². The van der Waals surface area contributed by atoms with Gasteiger partial charge >= 0.3 is 11.8 Å². The molecule has 1 aromatic carbocycles. The summed E-state index contributed by atoms with van der Waals surface area (Å²) in [6, 6.07) is 8.94. The molecule has 0 atom stereocenters. The molecule has 0 aliphatic carbocycles. The van der Waals surface area contributed by atoms with E-state index < -0.39 is 17.4 Å². The Hall–Kier alpha value is -1.84. The van der Waals surface area contributed by atoms with Crippen LogP contribution >= 0.6 is 0 Å². The molecule has 0 heterocycles. The molecule has 0 aliphatic rings. The Kier molecular flexibility index (Phi) is 4.93. The van der Waals surface area contributed by atoms with Crippen LogP contribution in [-0.2, 0) is 9.59 Å².